The molecule has 2 rings (SSSR count). The van der Waals surface area contributed by atoms with Crippen LogP contribution in [0, 0.1) is 0 Å². The molecule has 0 aliphatic carbocycles. The summed E-state index contributed by atoms with van der Waals surface area (Å²) >= 11 is 0. The highest BCUT2D eigenvalue weighted by Gasteiger charge is 2.26. The first-order chi connectivity index (χ1) is 10.0. The quantitative estimate of drug-likeness (QED) is 0.855. The molecular weight excluding hydrogens is 268 g/mol. The van der Waals surface area contributed by atoms with Gasteiger partial charge in [-0.25, -0.2) is 4.98 Å². The number of hydrogen-bond donors (Lipinski definition) is 2. The number of carbonyl (C=O) groups is 1. The summed E-state index contributed by atoms with van der Waals surface area (Å²) in [4.78, 5) is 18.8. The van der Waals surface area contributed by atoms with Crippen LogP contribution < -0.4 is 15.5 Å². The Kier molecular flexibility index (Phi) is 5.14. The summed E-state index contributed by atoms with van der Waals surface area (Å²) in [5.74, 6) is 0.854. The third kappa shape index (κ3) is 4.15. The van der Waals surface area contributed by atoms with Crippen LogP contribution in [0.3, 0.4) is 0 Å². The lowest BCUT2D eigenvalue weighted by Gasteiger charge is -2.28. The van der Waals surface area contributed by atoms with Gasteiger partial charge in [-0.05, 0) is 32.5 Å². The molecule has 0 atom stereocenters. The van der Waals surface area contributed by atoms with Crippen molar-refractivity contribution in [3.63, 3.8) is 0 Å². The predicted octanol–water partition coefficient (Wildman–Crippen LogP) is 1.24. The molecule has 21 heavy (non-hydrogen) atoms. The van der Waals surface area contributed by atoms with Gasteiger partial charge < -0.3 is 20.3 Å². The van der Waals surface area contributed by atoms with Gasteiger partial charge in [0.1, 0.15) is 5.82 Å². The molecule has 1 aromatic heterocycles. The highest BCUT2D eigenvalue weighted by molar-refractivity contribution is 5.97. The zero-order valence-corrected chi connectivity index (χ0v) is 13.0. The molecule has 0 bridgehead atoms. The van der Waals surface area contributed by atoms with Crippen LogP contribution in [0.15, 0.2) is 18.3 Å². The number of likely N-dealkylation sites (N-methyl/N-ethyl adjacent to an activating group) is 1. The maximum absolute atomic E-state index is 12.2. The molecule has 1 fully saturated rings. The first kappa shape index (κ1) is 15.7. The average Bonchev–Trinajstić information content (AvgIpc) is 2.49. The lowest BCUT2D eigenvalue weighted by Crippen LogP contribution is -2.49. The fourth-order valence-electron chi connectivity index (χ4n) is 2.25. The van der Waals surface area contributed by atoms with Crippen LogP contribution in [-0.2, 0) is 9.53 Å². The average molecular weight is 292 g/mol. The van der Waals surface area contributed by atoms with E-state index in [9.17, 15) is 4.79 Å². The molecular formula is C15H24N4O2. The number of amides is 1. The second-order valence-electron chi connectivity index (χ2n) is 5.61. The molecule has 116 valence electrons. The van der Waals surface area contributed by atoms with Gasteiger partial charge in [-0.3, -0.25) is 4.79 Å². The number of rotatable bonds is 5. The van der Waals surface area contributed by atoms with Gasteiger partial charge in [0, 0.05) is 13.1 Å². The van der Waals surface area contributed by atoms with Crippen LogP contribution in [0.5, 0.6) is 0 Å². The molecule has 1 aliphatic heterocycles. The standard InChI is InChI=1S/C15H24N4O2/c1-4-17-15(2,3)14(20)18-12-5-6-13(16-11-12)19-7-9-21-10-8-19/h5-6,11,17H,4,7-10H2,1-3H3,(H,18,20). The predicted molar refractivity (Wildman–Crippen MR) is 83.7 cm³/mol. The molecule has 0 aromatic carbocycles. The molecule has 1 aliphatic rings. The summed E-state index contributed by atoms with van der Waals surface area (Å²) in [6, 6.07) is 3.82. The third-order valence-electron chi connectivity index (χ3n) is 3.53. The summed E-state index contributed by atoms with van der Waals surface area (Å²) in [6.45, 7) is 9.62. The summed E-state index contributed by atoms with van der Waals surface area (Å²) < 4.78 is 5.32. The monoisotopic (exact) mass is 292 g/mol. The van der Waals surface area contributed by atoms with Crippen molar-refractivity contribution in [3.05, 3.63) is 18.3 Å². The topological polar surface area (TPSA) is 66.5 Å². The fourth-order valence-corrected chi connectivity index (χ4v) is 2.25. The van der Waals surface area contributed by atoms with E-state index in [0.29, 0.717) is 5.69 Å². The van der Waals surface area contributed by atoms with E-state index in [1.165, 1.54) is 0 Å². The van der Waals surface area contributed by atoms with E-state index in [2.05, 4.69) is 20.5 Å². The van der Waals surface area contributed by atoms with E-state index in [4.69, 9.17) is 4.74 Å². The molecule has 0 unspecified atom stereocenters. The lowest BCUT2D eigenvalue weighted by molar-refractivity contribution is -0.121. The smallest absolute Gasteiger partial charge is 0.244 e. The highest BCUT2D eigenvalue weighted by atomic mass is 16.5. The van der Waals surface area contributed by atoms with Gasteiger partial charge in [0.15, 0.2) is 0 Å². The van der Waals surface area contributed by atoms with Crippen molar-refractivity contribution in [2.45, 2.75) is 26.3 Å². The minimum absolute atomic E-state index is 0.0646. The van der Waals surface area contributed by atoms with Gasteiger partial charge in [0.25, 0.3) is 0 Å². The first-order valence-corrected chi connectivity index (χ1v) is 7.38. The summed E-state index contributed by atoms with van der Waals surface area (Å²) in [7, 11) is 0. The number of nitrogens with zero attached hydrogens (tertiary/aromatic N) is 2. The van der Waals surface area contributed by atoms with E-state index in [0.717, 1.165) is 38.7 Å². The maximum atomic E-state index is 12.2. The van der Waals surface area contributed by atoms with Gasteiger partial charge in [-0.1, -0.05) is 6.92 Å². The molecule has 0 saturated carbocycles. The summed E-state index contributed by atoms with van der Waals surface area (Å²) in [5.41, 5.74) is 0.112. The number of nitrogens with one attached hydrogen (secondary N) is 2. The highest BCUT2D eigenvalue weighted by Crippen LogP contribution is 2.16. The van der Waals surface area contributed by atoms with E-state index in [1.807, 2.05) is 32.9 Å². The van der Waals surface area contributed by atoms with Crippen LogP contribution in [0.1, 0.15) is 20.8 Å². The van der Waals surface area contributed by atoms with Gasteiger partial charge in [-0.2, -0.15) is 0 Å². The van der Waals surface area contributed by atoms with Crippen molar-refractivity contribution in [1.82, 2.24) is 10.3 Å². The Morgan fingerprint density at radius 3 is 2.67 bits per heavy atom. The van der Waals surface area contributed by atoms with Crippen LogP contribution in [0.2, 0.25) is 0 Å². The fraction of sp³-hybridized carbons (Fsp3) is 0.600. The van der Waals surface area contributed by atoms with Gasteiger partial charge >= 0.3 is 0 Å². The maximum Gasteiger partial charge on any atom is 0.244 e. The van der Waals surface area contributed by atoms with E-state index >= 15 is 0 Å². The van der Waals surface area contributed by atoms with Crippen molar-refractivity contribution in [2.24, 2.45) is 0 Å². The minimum atomic E-state index is -0.600. The molecule has 0 radical (unpaired) electrons. The molecule has 2 N–H and O–H groups in total. The van der Waals surface area contributed by atoms with Gasteiger partial charge in [-0.15, -0.1) is 0 Å². The number of carbonyl (C=O) groups excluding carboxylic acids is 1. The van der Waals surface area contributed by atoms with Crippen LogP contribution in [0.4, 0.5) is 11.5 Å². The third-order valence-corrected chi connectivity index (χ3v) is 3.53. The number of ether oxygens (including phenoxy) is 1. The van der Waals surface area contributed by atoms with Crippen LogP contribution in [0.25, 0.3) is 0 Å². The Balaban J connectivity index is 1.97. The molecule has 6 heteroatoms. The first-order valence-electron chi connectivity index (χ1n) is 7.38. The second kappa shape index (κ2) is 6.87. The largest absolute Gasteiger partial charge is 0.378 e. The molecule has 0 spiro atoms. The zero-order valence-electron chi connectivity index (χ0n) is 13.0. The summed E-state index contributed by atoms with van der Waals surface area (Å²) in [6.07, 6.45) is 1.70. The van der Waals surface area contributed by atoms with E-state index in [-0.39, 0.29) is 5.91 Å². The second-order valence-corrected chi connectivity index (χ2v) is 5.61. The Labute approximate surface area is 125 Å². The number of pyridine rings is 1. The van der Waals surface area contributed by atoms with Gasteiger partial charge in [0.05, 0.1) is 30.6 Å². The Morgan fingerprint density at radius 2 is 2.10 bits per heavy atom. The number of hydrogen-bond acceptors (Lipinski definition) is 5. The number of aromatic nitrogens is 1. The minimum Gasteiger partial charge on any atom is -0.378 e. The van der Waals surface area contributed by atoms with E-state index < -0.39 is 5.54 Å². The van der Waals surface area contributed by atoms with Crippen molar-refractivity contribution >= 4 is 17.4 Å². The SMILES string of the molecule is CCNC(C)(C)C(=O)Nc1ccc(N2CCOCC2)nc1. The Hall–Kier alpha value is -1.66. The zero-order chi connectivity index (χ0) is 15.3. The van der Waals surface area contributed by atoms with Crippen molar-refractivity contribution in [1.29, 1.82) is 0 Å². The lowest BCUT2D eigenvalue weighted by atomic mass is 10.0. The molecule has 6 nitrogen and oxygen atoms in total. The van der Waals surface area contributed by atoms with Gasteiger partial charge in [0.2, 0.25) is 5.91 Å². The Bertz CT molecular complexity index is 467. The van der Waals surface area contributed by atoms with Crippen LogP contribution >= 0.6 is 0 Å². The normalized spacial score (nSPS) is 15.9. The molecule has 1 saturated heterocycles. The molecule has 1 aromatic rings. The van der Waals surface area contributed by atoms with Crippen LogP contribution in [-0.4, -0.2) is 49.3 Å². The van der Waals surface area contributed by atoms with Crippen molar-refractivity contribution < 1.29 is 9.53 Å². The summed E-state index contributed by atoms with van der Waals surface area (Å²) in [5, 5.41) is 6.04. The Morgan fingerprint density at radius 1 is 1.38 bits per heavy atom. The molecule has 1 amide bonds. The number of anilines is 2. The van der Waals surface area contributed by atoms with Crippen molar-refractivity contribution in [2.75, 3.05) is 43.1 Å². The molecule has 2 heterocycles. The van der Waals surface area contributed by atoms with E-state index in [1.54, 1.807) is 6.20 Å². The number of morpholine rings is 1. The van der Waals surface area contributed by atoms with Crippen molar-refractivity contribution in [3.8, 4) is 0 Å².